The molecular weight excluding hydrogens is 391 g/mol. The summed E-state index contributed by atoms with van der Waals surface area (Å²) in [6.45, 7) is 0.578. The number of hydrogen-bond donors (Lipinski definition) is 0. The van der Waals surface area contributed by atoms with Crippen molar-refractivity contribution in [3.63, 3.8) is 0 Å². The second-order valence-corrected chi connectivity index (χ2v) is 6.08. The molecule has 9 heteroatoms. The third-order valence-corrected chi connectivity index (χ3v) is 3.93. The summed E-state index contributed by atoms with van der Waals surface area (Å²) in [4.78, 5) is 0. The predicted octanol–water partition coefficient (Wildman–Crippen LogP) is 3.93. The Balaban J connectivity index is 1.67. The van der Waals surface area contributed by atoms with Crippen LogP contribution < -0.4 is 14.2 Å². The first-order valence-electron chi connectivity index (χ1n) is 7.94. The molecule has 0 bridgehead atoms. The summed E-state index contributed by atoms with van der Waals surface area (Å²) in [7, 11) is 1.59. The molecule has 0 N–H and O–H groups in total. The van der Waals surface area contributed by atoms with Gasteiger partial charge in [-0.2, -0.15) is 5.10 Å². The molecule has 0 saturated heterocycles. The number of halogens is 2. The van der Waals surface area contributed by atoms with Crippen LogP contribution in [0.4, 0.5) is 0 Å². The van der Waals surface area contributed by atoms with Gasteiger partial charge < -0.3 is 14.2 Å². The summed E-state index contributed by atoms with van der Waals surface area (Å²) in [6, 6.07) is 10.7. The first kappa shape index (κ1) is 19.0. The van der Waals surface area contributed by atoms with E-state index in [0.717, 1.165) is 0 Å². The van der Waals surface area contributed by atoms with Crippen molar-refractivity contribution in [2.45, 2.75) is 0 Å². The Bertz CT molecular complexity index is 917. The molecular formula is C18H16Cl2N4O3. The van der Waals surface area contributed by atoms with Gasteiger partial charge in [0.2, 0.25) is 0 Å². The molecule has 1 aromatic heterocycles. The second kappa shape index (κ2) is 9.25. The SMILES string of the molecule is COc1ccccc1OCCOc1c(Cl)cc(Cl)cc1C=Nn1cnnc1. The second-order valence-electron chi connectivity index (χ2n) is 5.24. The molecule has 0 unspecified atom stereocenters. The molecule has 0 amide bonds. The molecule has 3 rings (SSSR count). The number of rotatable bonds is 8. The Kier molecular flexibility index (Phi) is 6.51. The van der Waals surface area contributed by atoms with Gasteiger partial charge in [0.1, 0.15) is 31.6 Å². The van der Waals surface area contributed by atoms with Gasteiger partial charge >= 0.3 is 0 Å². The Labute approximate surface area is 166 Å². The van der Waals surface area contributed by atoms with Crippen molar-refractivity contribution in [2.24, 2.45) is 5.10 Å². The normalized spacial score (nSPS) is 10.9. The standard InChI is InChI=1S/C18H16Cl2N4O3/c1-25-16-4-2-3-5-17(16)26-6-7-27-18-13(8-14(19)9-15(18)20)10-23-24-11-21-22-12-24/h2-5,8-12H,6-7H2,1H3. The first-order valence-corrected chi connectivity index (χ1v) is 8.69. The van der Waals surface area contributed by atoms with Crippen LogP contribution in [0.15, 0.2) is 54.2 Å². The number of para-hydroxylation sites is 2. The number of methoxy groups -OCH3 is 1. The first-order chi connectivity index (χ1) is 13.2. The van der Waals surface area contributed by atoms with Gasteiger partial charge in [-0.15, -0.1) is 10.2 Å². The Morgan fingerprint density at radius 1 is 1.04 bits per heavy atom. The van der Waals surface area contributed by atoms with E-state index in [0.29, 0.717) is 39.5 Å². The highest BCUT2D eigenvalue weighted by atomic mass is 35.5. The van der Waals surface area contributed by atoms with E-state index < -0.39 is 0 Å². The van der Waals surface area contributed by atoms with E-state index in [9.17, 15) is 0 Å². The molecule has 1 heterocycles. The number of benzene rings is 2. The molecule has 0 fully saturated rings. The fourth-order valence-corrected chi connectivity index (χ4v) is 2.81. The van der Waals surface area contributed by atoms with Gasteiger partial charge in [-0.05, 0) is 24.3 Å². The number of hydrogen-bond acceptors (Lipinski definition) is 6. The van der Waals surface area contributed by atoms with Gasteiger partial charge in [0, 0.05) is 10.6 Å². The topological polar surface area (TPSA) is 70.8 Å². The van der Waals surface area contributed by atoms with Crippen molar-refractivity contribution >= 4 is 29.4 Å². The lowest BCUT2D eigenvalue weighted by Gasteiger charge is -2.13. The van der Waals surface area contributed by atoms with Crippen molar-refractivity contribution < 1.29 is 14.2 Å². The quantitative estimate of drug-likeness (QED) is 0.418. The predicted molar refractivity (Wildman–Crippen MR) is 103 cm³/mol. The summed E-state index contributed by atoms with van der Waals surface area (Å²) < 4.78 is 18.2. The van der Waals surface area contributed by atoms with E-state index in [1.807, 2.05) is 24.3 Å². The summed E-state index contributed by atoms with van der Waals surface area (Å²) in [5.41, 5.74) is 0.624. The van der Waals surface area contributed by atoms with Crippen LogP contribution in [0.1, 0.15) is 5.56 Å². The molecule has 0 aliphatic rings. The molecule has 3 aromatic rings. The lowest BCUT2D eigenvalue weighted by Crippen LogP contribution is -2.11. The van der Waals surface area contributed by atoms with E-state index >= 15 is 0 Å². The zero-order chi connectivity index (χ0) is 19.1. The van der Waals surface area contributed by atoms with Gasteiger partial charge in [-0.3, -0.25) is 0 Å². The highest BCUT2D eigenvalue weighted by molar-refractivity contribution is 6.36. The maximum atomic E-state index is 6.28. The highest BCUT2D eigenvalue weighted by Crippen LogP contribution is 2.32. The molecule has 0 aliphatic carbocycles. The van der Waals surface area contributed by atoms with Gasteiger partial charge in [-0.25, -0.2) is 4.68 Å². The van der Waals surface area contributed by atoms with Crippen LogP contribution in [0.5, 0.6) is 17.2 Å². The van der Waals surface area contributed by atoms with Crippen molar-refractivity contribution in [2.75, 3.05) is 20.3 Å². The van der Waals surface area contributed by atoms with Gasteiger partial charge in [0.05, 0.1) is 18.3 Å². The summed E-state index contributed by atoms with van der Waals surface area (Å²) in [6.07, 6.45) is 4.49. The monoisotopic (exact) mass is 406 g/mol. The Morgan fingerprint density at radius 3 is 2.48 bits per heavy atom. The minimum Gasteiger partial charge on any atom is -0.493 e. The van der Waals surface area contributed by atoms with Crippen molar-refractivity contribution in [3.05, 3.63) is 64.7 Å². The fraction of sp³-hybridized carbons (Fsp3) is 0.167. The number of aromatic nitrogens is 3. The zero-order valence-corrected chi connectivity index (χ0v) is 15.9. The summed E-state index contributed by atoms with van der Waals surface area (Å²) >= 11 is 12.4. The minimum absolute atomic E-state index is 0.271. The average Bonchev–Trinajstić information content (AvgIpc) is 3.18. The average molecular weight is 407 g/mol. The van der Waals surface area contributed by atoms with Crippen LogP contribution in [-0.2, 0) is 0 Å². The van der Waals surface area contributed by atoms with Crippen LogP contribution in [0, 0.1) is 0 Å². The van der Waals surface area contributed by atoms with Crippen molar-refractivity contribution in [1.29, 1.82) is 0 Å². The zero-order valence-electron chi connectivity index (χ0n) is 14.4. The van der Waals surface area contributed by atoms with E-state index in [4.69, 9.17) is 37.4 Å². The van der Waals surface area contributed by atoms with E-state index in [2.05, 4.69) is 15.3 Å². The Hall–Kier alpha value is -2.77. The lowest BCUT2D eigenvalue weighted by molar-refractivity contribution is 0.211. The van der Waals surface area contributed by atoms with Gasteiger partial charge in [-0.1, -0.05) is 35.3 Å². The van der Waals surface area contributed by atoms with Crippen LogP contribution in [0.25, 0.3) is 0 Å². The minimum atomic E-state index is 0.271. The van der Waals surface area contributed by atoms with E-state index in [1.54, 1.807) is 25.5 Å². The van der Waals surface area contributed by atoms with E-state index in [-0.39, 0.29) is 6.61 Å². The third-order valence-electron chi connectivity index (χ3n) is 3.43. The number of nitrogens with zero attached hydrogens (tertiary/aromatic N) is 4. The van der Waals surface area contributed by atoms with Gasteiger partial charge in [0.15, 0.2) is 11.5 Å². The van der Waals surface area contributed by atoms with Crippen LogP contribution in [0.3, 0.4) is 0 Å². The highest BCUT2D eigenvalue weighted by Gasteiger charge is 2.10. The van der Waals surface area contributed by atoms with Crippen molar-refractivity contribution in [1.82, 2.24) is 14.9 Å². The van der Waals surface area contributed by atoms with Crippen LogP contribution in [0.2, 0.25) is 10.0 Å². The van der Waals surface area contributed by atoms with Crippen LogP contribution in [-0.4, -0.2) is 41.4 Å². The van der Waals surface area contributed by atoms with E-state index in [1.165, 1.54) is 17.3 Å². The maximum absolute atomic E-state index is 6.28. The fourth-order valence-electron chi connectivity index (χ4n) is 2.25. The number of ether oxygens (including phenoxy) is 3. The third kappa shape index (κ3) is 5.12. The largest absolute Gasteiger partial charge is 0.493 e. The Morgan fingerprint density at radius 2 is 1.74 bits per heavy atom. The molecule has 0 atom stereocenters. The lowest BCUT2D eigenvalue weighted by atomic mass is 10.2. The molecule has 0 spiro atoms. The van der Waals surface area contributed by atoms with Crippen LogP contribution >= 0.6 is 23.2 Å². The molecule has 7 nitrogen and oxygen atoms in total. The van der Waals surface area contributed by atoms with Crippen molar-refractivity contribution in [3.8, 4) is 17.2 Å². The smallest absolute Gasteiger partial charge is 0.161 e. The summed E-state index contributed by atoms with van der Waals surface area (Å²) in [5, 5.41) is 12.4. The maximum Gasteiger partial charge on any atom is 0.161 e. The molecule has 0 radical (unpaired) electrons. The molecule has 140 valence electrons. The summed E-state index contributed by atoms with van der Waals surface area (Å²) in [5.74, 6) is 1.76. The molecule has 0 saturated carbocycles. The molecule has 27 heavy (non-hydrogen) atoms. The molecule has 0 aliphatic heterocycles. The molecule has 2 aromatic carbocycles. The van der Waals surface area contributed by atoms with Gasteiger partial charge in [0.25, 0.3) is 0 Å².